The molecule has 0 aromatic rings. The lowest BCUT2D eigenvalue weighted by atomic mass is 9.67. The Morgan fingerprint density at radius 3 is 1.33 bits per heavy atom. The molecule has 0 spiro atoms. The van der Waals surface area contributed by atoms with Crippen molar-refractivity contribution in [1.29, 1.82) is 0 Å². The largest absolute Gasteiger partial charge is 0.382 e. The number of unbranched alkanes of at least 4 members (excludes halogenated alkanes) is 26. The summed E-state index contributed by atoms with van der Waals surface area (Å²) in [6.07, 6.45) is 28.3. The van der Waals surface area contributed by atoms with Crippen molar-refractivity contribution < 1.29 is 61.8 Å². The van der Waals surface area contributed by atoms with E-state index in [0.717, 1.165) is 38.5 Å². The predicted molar refractivity (Wildman–Crippen MR) is 300 cm³/mol. The minimum absolute atomic E-state index is 0.0815. The van der Waals surface area contributed by atoms with E-state index < -0.39 is 84.8 Å². The Morgan fingerprint density at radius 2 is 0.882 bits per heavy atom. The number of amides is 4. The number of hydrogen-bond donors (Lipinski definition) is 4. The Kier molecular flexibility index (Phi) is 41.6. The summed E-state index contributed by atoms with van der Waals surface area (Å²) >= 11 is 0. The first-order valence-electron chi connectivity index (χ1n) is 30.1. The second kappa shape index (κ2) is 45.3. The summed E-state index contributed by atoms with van der Waals surface area (Å²) in [6, 6.07) is 0. The Bertz CT molecular complexity index is 1470. The molecule has 0 aromatic heterocycles. The van der Waals surface area contributed by atoms with Gasteiger partial charge in [0.1, 0.15) is 30.5 Å². The van der Waals surface area contributed by atoms with Crippen molar-refractivity contribution in [3.63, 3.8) is 0 Å². The molecule has 4 amide bonds. The van der Waals surface area contributed by atoms with E-state index in [0.29, 0.717) is 13.1 Å². The fraction of sp³-hybridized carbons (Fsp3) is 0.931. The van der Waals surface area contributed by atoms with E-state index in [1.807, 2.05) is 6.92 Å². The molecule has 0 saturated carbocycles. The second-order valence-corrected chi connectivity index (χ2v) is 21.3. The lowest BCUT2D eigenvalue weighted by Crippen LogP contribution is -2.65. The van der Waals surface area contributed by atoms with Crippen LogP contribution >= 0.6 is 0 Å². The van der Waals surface area contributed by atoms with E-state index in [9.17, 15) is 19.2 Å². The molecule has 2 aliphatic rings. The summed E-state index contributed by atoms with van der Waals surface area (Å²) in [7, 11) is 10.5. The highest BCUT2D eigenvalue weighted by atomic mass is 16.8. The summed E-state index contributed by atoms with van der Waals surface area (Å²) in [6.45, 7) is 7.63. The molecule has 76 heavy (non-hydrogen) atoms. The number of carbonyl (C=O) groups excluding carboxylic acids is 4. The van der Waals surface area contributed by atoms with Crippen LogP contribution in [-0.4, -0.2) is 161 Å². The maximum Gasteiger partial charge on any atom is 0.273 e. The molecular formula is C58H110BN4O13. The molecule has 2 rings (SSSR count). The monoisotopic (exact) mass is 1080 g/mol. The highest BCUT2D eigenvalue weighted by Gasteiger charge is 2.52. The molecule has 4 N–H and O–H groups in total. The number of ether oxygens (including phenoxy) is 9. The number of methoxy groups -OCH3 is 6. The van der Waals surface area contributed by atoms with E-state index in [1.165, 1.54) is 163 Å². The zero-order valence-electron chi connectivity index (χ0n) is 49.3. The van der Waals surface area contributed by atoms with Crippen molar-refractivity contribution in [2.24, 2.45) is 5.92 Å². The van der Waals surface area contributed by atoms with Gasteiger partial charge in [0.15, 0.2) is 18.4 Å². The lowest BCUT2D eigenvalue weighted by molar-refractivity contribution is -0.358. The van der Waals surface area contributed by atoms with Gasteiger partial charge in [-0.3, -0.25) is 19.2 Å². The third-order valence-corrected chi connectivity index (χ3v) is 15.2. The van der Waals surface area contributed by atoms with Gasteiger partial charge in [-0.05, 0) is 12.8 Å². The quantitative estimate of drug-likeness (QED) is 0.0332. The molecule has 2 saturated heterocycles. The zero-order valence-corrected chi connectivity index (χ0v) is 49.3. The first kappa shape index (κ1) is 69.7. The highest BCUT2D eigenvalue weighted by molar-refractivity contribution is 6.77. The molecular weight excluding hydrogens is 971 g/mol. The van der Waals surface area contributed by atoms with Gasteiger partial charge in [-0.1, -0.05) is 188 Å². The van der Waals surface area contributed by atoms with Crippen molar-refractivity contribution >= 4 is 30.8 Å². The fourth-order valence-electron chi connectivity index (χ4n) is 10.5. The molecule has 2 heterocycles. The van der Waals surface area contributed by atoms with Gasteiger partial charge in [-0.25, -0.2) is 0 Å². The van der Waals surface area contributed by atoms with E-state index in [1.54, 1.807) is 28.4 Å². The molecule has 1 radical (unpaired) electrons. The summed E-state index contributed by atoms with van der Waals surface area (Å²) in [5, 5.41) is 11.5. The maximum absolute atomic E-state index is 13.5. The number of nitrogens with one attached hydrogen (secondary N) is 4. The van der Waals surface area contributed by atoms with E-state index in [4.69, 9.17) is 42.6 Å². The van der Waals surface area contributed by atoms with E-state index >= 15 is 0 Å². The minimum atomic E-state index is -1.19. The molecule has 18 heteroatoms. The summed E-state index contributed by atoms with van der Waals surface area (Å²) in [5.41, 5.74) is 0. The van der Waals surface area contributed by atoms with E-state index in [2.05, 4.69) is 35.1 Å². The van der Waals surface area contributed by atoms with E-state index in [-0.39, 0.29) is 31.9 Å². The van der Waals surface area contributed by atoms with Gasteiger partial charge in [0.05, 0.1) is 24.8 Å². The van der Waals surface area contributed by atoms with Gasteiger partial charge in [-0.2, -0.15) is 0 Å². The molecule has 0 aromatic carbocycles. The van der Waals surface area contributed by atoms with Crippen LogP contribution in [0.25, 0.3) is 0 Å². The van der Waals surface area contributed by atoms with Gasteiger partial charge in [0, 0.05) is 81.1 Å². The smallest absolute Gasteiger partial charge is 0.273 e. The first-order chi connectivity index (χ1) is 37.0. The van der Waals surface area contributed by atoms with Crippen LogP contribution < -0.4 is 21.3 Å². The fourth-order valence-corrected chi connectivity index (χ4v) is 10.5. The Balaban J connectivity index is 1.91. The molecule has 443 valence electrons. The van der Waals surface area contributed by atoms with Crippen molar-refractivity contribution in [2.75, 3.05) is 68.9 Å². The topological polar surface area (TPSA) is 199 Å². The number of hydrogen-bond acceptors (Lipinski definition) is 13. The molecule has 17 nitrogen and oxygen atoms in total. The van der Waals surface area contributed by atoms with Gasteiger partial charge in [0.25, 0.3) is 7.28 Å². The van der Waals surface area contributed by atoms with Crippen LogP contribution in [-0.2, 0) is 57.0 Å². The summed E-state index contributed by atoms with van der Waals surface area (Å²) in [4.78, 5) is 53.3. The average Bonchev–Trinajstić information content (AvgIpc) is 3.42. The Morgan fingerprint density at radius 1 is 0.461 bits per heavy atom. The van der Waals surface area contributed by atoms with Gasteiger partial charge in [0.2, 0.25) is 17.7 Å². The molecule has 11 atom stereocenters. The third kappa shape index (κ3) is 29.2. The number of carbonyl (C=O) groups is 4. The minimum Gasteiger partial charge on any atom is -0.382 e. The van der Waals surface area contributed by atoms with Crippen LogP contribution in [0.15, 0.2) is 0 Å². The van der Waals surface area contributed by atoms with Crippen LogP contribution in [0.5, 0.6) is 0 Å². The highest BCUT2D eigenvalue weighted by Crippen LogP contribution is 2.35. The average molecular weight is 1080 g/mol. The van der Waals surface area contributed by atoms with Crippen molar-refractivity contribution in [3.8, 4) is 0 Å². The first-order valence-corrected chi connectivity index (χ1v) is 30.1. The Hall–Kier alpha value is -2.42. The van der Waals surface area contributed by atoms with Crippen LogP contribution in [0.2, 0.25) is 0 Å². The SMILES string of the molecule is CCCCCCCCCCCCCCCCNC(=O)[B][C@H](NC(=O)CCC(=O)NCC1O[C@H](O[C@@H]2C(COC)O[C@H](OC)C(OC)[C@H]2OC)C(OC)[C@@H](OC)[C@@H]1C)C(=O)NCCCCCCCCCCCCCCCC. The molecule has 4 unspecified atom stereocenters. The van der Waals surface area contributed by atoms with Crippen LogP contribution in [0.1, 0.15) is 213 Å². The molecule has 0 aliphatic carbocycles. The van der Waals surface area contributed by atoms with Crippen LogP contribution in [0.3, 0.4) is 0 Å². The predicted octanol–water partition coefficient (Wildman–Crippen LogP) is 9.64. The summed E-state index contributed by atoms with van der Waals surface area (Å²) in [5.74, 6) is -3.24. The van der Waals surface area contributed by atoms with Crippen LogP contribution in [0, 0.1) is 5.92 Å². The van der Waals surface area contributed by atoms with Gasteiger partial charge in [-0.15, -0.1) is 0 Å². The second-order valence-electron chi connectivity index (χ2n) is 21.3. The molecule has 2 fully saturated rings. The number of rotatable bonds is 48. The van der Waals surface area contributed by atoms with Gasteiger partial charge >= 0.3 is 0 Å². The van der Waals surface area contributed by atoms with Crippen molar-refractivity contribution in [3.05, 3.63) is 0 Å². The lowest BCUT2D eigenvalue weighted by Gasteiger charge is -2.49. The molecule has 0 bridgehead atoms. The Labute approximate surface area is 461 Å². The molecule has 2 aliphatic heterocycles. The summed E-state index contributed by atoms with van der Waals surface area (Å²) < 4.78 is 53.8. The van der Waals surface area contributed by atoms with Crippen molar-refractivity contribution in [1.82, 2.24) is 21.3 Å². The van der Waals surface area contributed by atoms with Crippen molar-refractivity contribution in [2.45, 2.75) is 275 Å². The zero-order chi connectivity index (χ0) is 55.6. The third-order valence-electron chi connectivity index (χ3n) is 15.2. The van der Waals surface area contributed by atoms with Crippen LogP contribution in [0.4, 0.5) is 4.79 Å². The normalized spacial score (nSPS) is 24.0. The standard InChI is InChI=1S/C58H110BN4O13/c1-10-12-14-16-18-20-22-24-26-28-30-32-34-36-40-60-55(66)54(59-58(67)61-41-37-35-33-31-29-27-25-23-21-19-17-15-13-11-2)63-48(65)39-38-47(64)62-42-45-44(3)49(69-5)52(71-7)57(74-45)76-50-46(43-68-4)75-56(73-9)53(72-8)51(50)70-6/h44-46,49-54,56-57H,10-43H2,1-9H3,(H,60,66)(H,61,67)(H,62,64)(H,63,65)/t44-,45?,46?,49+,50-,51+,52?,53?,54-,56+,57-/m1/s1. The van der Waals surface area contributed by atoms with Gasteiger partial charge < -0.3 is 63.9 Å². The maximum atomic E-state index is 13.5.